The molecule has 0 aliphatic rings. The normalized spacial score (nSPS) is 10.4. The van der Waals surface area contributed by atoms with Crippen LogP contribution in [0.5, 0.6) is 0 Å². The van der Waals surface area contributed by atoms with Crippen molar-refractivity contribution < 1.29 is 14.3 Å². The van der Waals surface area contributed by atoms with Gasteiger partial charge in [0.1, 0.15) is 5.56 Å². The molecule has 0 bridgehead atoms. The van der Waals surface area contributed by atoms with Crippen molar-refractivity contribution in [2.75, 3.05) is 7.11 Å². The Morgan fingerprint density at radius 1 is 1.03 bits per heavy atom. The summed E-state index contributed by atoms with van der Waals surface area (Å²) >= 11 is 0. The number of nitrogens with one attached hydrogen (secondary N) is 1. The highest BCUT2D eigenvalue weighted by molar-refractivity contribution is 5.93. The molecule has 1 aromatic heterocycles. The van der Waals surface area contributed by atoms with Crippen molar-refractivity contribution in [2.24, 2.45) is 5.73 Å². The van der Waals surface area contributed by atoms with Crippen LogP contribution in [0.1, 0.15) is 31.8 Å². The number of carbonyl (C=O) groups excluding carboxylic acids is 2. The maximum absolute atomic E-state index is 12.8. The van der Waals surface area contributed by atoms with Crippen LogP contribution in [0.4, 0.5) is 0 Å². The highest BCUT2D eigenvalue weighted by atomic mass is 16.5. The van der Waals surface area contributed by atoms with Gasteiger partial charge in [0.15, 0.2) is 0 Å². The van der Waals surface area contributed by atoms with Crippen LogP contribution in [-0.2, 0) is 17.8 Å². The van der Waals surface area contributed by atoms with Crippen molar-refractivity contribution >= 4 is 11.9 Å². The Bertz CT molecular complexity index is 1090. The van der Waals surface area contributed by atoms with Gasteiger partial charge in [-0.3, -0.25) is 14.2 Å². The van der Waals surface area contributed by atoms with Crippen LogP contribution in [0.15, 0.2) is 71.7 Å². The molecule has 0 unspecified atom stereocenters. The lowest BCUT2D eigenvalue weighted by molar-refractivity contribution is 0.0600. The largest absolute Gasteiger partial charge is 0.465 e. The molecule has 0 radical (unpaired) electrons. The Morgan fingerprint density at radius 3 is 2.48 bits per heavy atom. The lowest BCUT2D eigenvalue weighted by Gasteiger charge is -2.10. The molecule has 7 heteroatoms. The molecule has 1 heterocycles. The molecule has 0 aliphatic carbocycles. The van der Waals surface area contributed by atoms with E-state index in [0.717, 1.165) is 11.1 Å². The maximum Gasteiger partial charge on any atom is 0.337 e. The molecule has 3 rings (SSSR count). The van der Waals surface area contributed by atoms with Crippen LogP contribution < -0.4 is 16.6 Å². The van der Waals surface area contributed by atoms with Crippen LogP contribution in [0.2, 0.25) is 0 Å². The first kappa shape index (κ1) is 20.0. The summed E-state index contributed by atoms with van der Waals surface area (Å²) in [5, 5.41) is 2.73. The van der Waals surface area contributed by atoms with Gasteiger partial charge in [0.25, 0.3) is 11.5 Å². The smallest absolute Gasteiger partial charge is 0.337 e. The topological polar surface area (TPSA) is 103 Å². The molecule has 7 nitrogen and oxygen atoms in total. The lowest BCUT2D eigenvalue weighted by atomic mass is 10.1. The third-order valence-electron chi connectivity index (χ3n) is 4.44. The van der Waals surface area contributed by atoms with E-state index in [-0.39, 0.29) is 12.1 Å². The fourth-order valence-electron chi connectivity index (χ4n) is 2.86. The average Bonchev–Trinajstić information content (AvgIpc) is 2.77. The molecule has 1 amide bonds. The number of amides is 1. The van der Waals surface area contributed by atoms with Crippen LogP contribution in [-0.4, -0.2) is 23.6 Å². The fourth-order valence-corrected chi connectivity index (χ4v) is 2.86. The van der Waals surface area contributed by atoms with E-state index in [4.69, 9.17) is 5.73 Å². The van der Waals surface area contributed by atoms with Gasteiger partial charge in [-0.2, -0.15) is 0 Å². The van der Waals surface area contributed by atoms with E-state index in [2.05, 4.69) is 10.1 Å². The molecule has 3 aromatic rings. The predicted octanol–water partition coefficient (Wildman–Crippen LogP) is 2.01. The Labute approximate surface area is 167 Å². The van der Waals surface area contributed by atoms with E-state index in [1.165, 1.54) is 17.7 Å². The molecule has 29 heavy (non-hydrogen) atoms. The first-order chi connectivity index (χ1) is 14.0. The van der Waals surface area contributed by atoms with E-state index >= 15 is 0 Å². The second kappa shape index (κ2) is 8.99. The van der Waals surface area contributed by atoms with Gasteiger partial charge in [-0.1, -0.05) is 24.3 Å². The molecule has 3 N–H and O–H groups in total. The lowest BCUT2D eigenvalue weighted by Crippen LogP contribution is -2.32. The number of aromatic nitrogens is 1. The molecule has 2 aromatic carbocycles. The van der Waals surface area contributed by atoms with Crippen molar-refractivity contribution in [1.29, 1.82) is 0 Å². The standard InChI is InChI=1S/C22H21N3O4/c1-29-22(28)17-9-7-15(8-10-17)14-24-20(26)19-6-3-11-25(21(19)27)18-5-2-4-16(12-18)13-23/h2-12H,13-14,23H2,1H3,(H,24,26). The first-order valence-corrected chi connectivity index (χ1v) is 9.00. The average molecular weight is 391 g/mol. The van der Waals surface area contributed by atoms with E-state index in [0.29, 0.717) is 17.8 Å². The summed E-state index contributed by atoms with van der Waals surface area (Å²) in [6, 6.07) is 17.1. The van der Waals surface area contributed by atoms with Gasteiger partial charge < -0.3 is 15.8 Å². The molecule has 0 saturated carbocycles. The van der Waals surface area contributed by atoms with E-state index in [1.54, 1.807) is 42.6 Å². The third-order valence-corrected chi connectivity index (χ3v) is 4.44. The van der Waals surface area contributed by atoms with Crippen molar-refractivity contribution in [3.8, 4) is 5.69 Å². The highest BCUT2D eigenvalue weighted by Gasteiger charge is 2.13. The van der Waals surface area contributed by atoms with Crippen LogP contribution in [0.25, 0.3) is 5.69 Å². The highest BCUT2D eigenvalue weighted by Crippen LogP contribution is 2.09. The number of methoxy groups -OCH3 is 1. The Morgan fingerprint density at radius 2 is 1.79 bits per heavy atom. The summed E-state index contributed by atoms with van der Waals surface area (Å²) in [5.74, 6) is -0.902. The molecule has 0 aliphatic heterocycles. The van der Waals surface area contributed by atoms with Crippen molar-refractivity contribution in [3.05, 3.63) is 99.5 Å². The summed E-state index contributed by atoms with van der Waals surface area (Å²) < 4.78 is 6.07. The Hall–Kier alpha value is -3.71. The molecular weight excluding hydrogens is 370 g/mol. The zero-order valence-corrected chi connectivity index (χ0v) is 15.9. The Kier molecular flexibility index (Phi) is 6.21. The number of pyridine rings is 1. The van der Waals surface area contributed by atoms with Gasteiger partial charge in [-0.15, -0.1) is 0 Å². The summed E-state index contributed by atoms with van der Waals surface area (Å²) in [4.78, 5) is 36.8. The molecule has 0 saturated heterocycles. The zero-order valence-electron chi connectivity index (χ0n) is 15.9. The van der Waals surface area contributed by atoms with E-state index in [9.17, 15) is 14.4 Å². The summed E-state index contributed by atoms with van der Waals surface area (Å²) in [6.45, 7) is 0.578. The van der Waals surface area contributed by atoms with Crippen molar-refractivity contribution in [3.63, 3.8) is 0 Å². The monoisotopic (exact) mass is 391 g/mol. The van der Waals surface area contributed by atoms with Gasteiger partial charge in [0.05, 0.1) is 12.7 Å². The van der Waals surface area contributed by atoms with Gasteiger partial charge in [-0.25, -0.2) is 4.79 Å². The summed E-state index contributed by atoms with van der Waals surface area (Å²) in [5.41, 5.74) is 8.03. The quantitative estimate of drug-likeness (QED) is 0.626. The molecule has 0 fully saturated rings. The van der Waals surface area contributed by atoms with Gasteiger partial charge in [-0.05, 0) is 47.5 Å². The van der Waals surface area contributed by atoms with Gasteiger partial charge in [0, 0.05) is 25.0 Å². The van der Waals surface area contributed by atoms with Crippen molar-refractivity contribution in [1.82, 2.24) is 9.88 Å². The van der Waals surface area contributed by atoms with Crippen molar-refractivity contribution in [2.45, 2.75) is 13.1 Å². The summed E-state index contributed by atoms with van der Waals surface area (Å²) in [7, 11) is 1.31. The van der Waals surface area contributed by atoms with E-state index < -0.39 is 17.4 Å². The minimum Gasteiger partial charge on any atom is -0.465 e. The first-order valence-electron chi connectivity index (χ1n) is 9.00. The van der Waals surface area contributed by atoms with Gasteiger partial charge in [0.2, 0.25) is 0 Å². The van der Waals surface area contributed by atoms with Crippen LogP contribution >= 0.6 is 0 Å². The maximum atomic E-state index is 12.8. The van der Waals surface area contributed by atoms with E-state index in [1.807, 2.05) is 18.2 Å². The van der Waals surface area contributed by atoms with Crippen LogP contribution in [0, 0.1) is 0 Å². The molecular formula is C22H21N3O4. The molecule has 0 atom stereocenters. The number of benzene rings is 2. The Balaban J connectivity index is 1.76. The number of nitrogens with two attached hydrogens (primary N) is 1. The predicted molar refractivity (Wildman–Crippen MR) is 109 cm³/mol. The van der Waals surface area contributed by atoms with Gasteiger partial charge >= 0.3 is 5.97 Å². The second-order valence-electron chi connectivity index (χ2n) is 6.34. The number of esters is 1. The minimum atomic E-state index is -0.476. The minimum absolute atomic E-state index is 0.0387. The number of ether oxygens (including phenoxy) is 1. The zero-order chi connectivity index (χ0) is 20.8. The van der Waals surface area contributed by atoms with Crippen LogP contribution in [0.3, 0.4) is 0 Å². The third kappa shape index (κ3) is 4.59. The number of rotatable bonds is 6. The fraction of sp³-hybridized carbons (Fsp3) is 0.136. The summed E-state index contributed by atoms with van der Waals surface area (Å²) in [6.07, 6.45) is 1.61. The SMILES string of the molecule is COC(=O)c1ccc(CNC(=O)c2cccn(-c3cccc(CN)c3)c2=O)cc1. The molecule has 148 valence electrons. The number of hydrogen-bond donors (Lipinski definition) is 2. The number of nitrogens with zero attached hydrogens (tertiary/aromatic N) is 1. The number of hydrogen-bond acceptors (Lipinski definition) is 5. The molecule has 0 spiro atoms. The second-order valence-corrected chi connectivity index (χ2v) is 6.34. The number of carbonyl (C=O) groups is 2.